The minimum absolute atomic E-state index is 0.00716. The quantitative estimate of drug-likeness (QED) is 0.0602. The minimum atomic E-state index is -0.584. The van der Waals surface area contributed by atoms with Crippen LogP contribution in [-0.2, 0) is 44.1 Å². The van der Waals surface area contributed by atoms with Crippen molar-refractivity contribution in [3.8, 4) is 5.75 Å². The largest absolute Gasteiger partial charge is 0.486 e. The van der Waals surface area contributed by atoms with E-state index in [1.54, 1.807) is 53.0 Å². The van der Waals surface area contributed by atoms with E-state index >= 15 is 0 Å². The van der Waals surface area contributed by atoms with Crippen LogP contribution >= 0.6 is 0 Å². The molecule has 7 aromatic carbocycles. The summed E-state index contributed by atoms with van der Waals surface area (Å²) in [6.45, 7) is 8.43. The van der Waals surface area contributed by atoms with Crippen LogP contribution in [0.4, 0.5) is 4.79 Å². The van der Waals surface area contributed by atoms with Crippen molar-refractivity contribution < 1.29 is 23.9 Å². The summed E-state index contributed by atoms with van der Waals surface area (Å²) in [5, 5.41) is 26.9. The van der Waals surface area contributed by atoms with Crippen LogP contribution in [-0.4, -0.2) is 83.0 Å². The number of fused-ring (bicyclic) bond motifs is 4. The van der Waals surface area contributed by atoms with E-state index < -0.39 is 11.7 Å². The molecule has 0 aliphatic carbocycles. The lowest BCUT2D eigenvalue weighted by atomic mass is 9.91. The third-order valence-corrected chi connectivity index (χ3v) is 12.2. The van der Waals surface area contributed by atoms with E-state index in [-0.39, 0.29) is 24.2 Å². The zero-order valence-corrected chi connectivity index (χ0v) is 40.0. The molecule has 0 unspecified atom stereocenters. The highest BCUT2D eigenvalue weighted by Gasteiger charge is 2.25. The second-order valence-corrected chi connectivity index (χ2v) is 18.2. The van der Waals surface area contributed by atoms with Crippen LogP contribution in [0, 0.1) is 0 Å². The summed E-state index contributed by atoms with van der Waals surface area (Å²) in [5.74, 6) is -0.232. The summed E-state index contributed by atoms with van der Waals surface area (Å²) in [6, 6.07) is 38.4. The first kappa shape index (κ1) is 47.2. The van der Waals surface area contributed by atoms with E-state index in [9.17, 15) is 14.4 Å². The lowest BCUT2D eigenvalue weighted by molar-refractivity contribution is 0.0526. The van der Waals surface area contributed by atoms with Crippen molar-refractivity contribution in [2.75, 3.05) is 34.7 Å². The van der Waals surface area contributed by atoms with Gasteiger partial charge in [0.15, 0.2) is 0 Å². The second-order valence-electron chi connectivity index (χ2n) is 18.2. The molecular formula is C55H60N8O5. The fourth-order valence-corrected chi connectivity index (χ4v) is 9.10. The van der Waals surface area contributed by atoms with Crippen LogP contribution in [0.3, 0.4) is 0 Å². The fraction of sp³-hybridized carbons (Fsp3) is 0.291. The van der Waals surface area contributed by atoms with Crippen molar-refractivity contribution in [1.29, 1.82) is 0 Å². The number of rotatable bonds is 17. The number of hydrogen-bond donors (Lipinski definition) is 3. The van der Waals surface area contributed by atoms with E-state index in [1.807, 2.05) is 71.3 Å². The number of amides is 3. The van der Waals surface area contributed by atoms with Gasteiger partial charge in [-0.2, -0.15) is 0 Å². The van der Waals surface area contributed by atoms with Gasteiger partial charge in [0, 0.05) is 58.9 Å². The Labute approximate surface area is 397 Å². The first-order chi connectivity index (χ1) is 32.8. The third kappa shape index (κ3) is 10.3. The topological polar surface area (TPSA) is 143 Å². The van der Waals surface area contributed by atoms with E-state index in [0.717, 1.165) is 54.2 Å². The smallest absolute Gasteiger partial charge is 0.407 e. The first-order valence-electron chi connectivity index (χ1n) is 23.1. The number of aryl methyl sites for hydroxylation is 1. The molecule has 350 valence electrons. The number of nitrogens with zero attached hydrogens (tertiary/aromatic N) is 5. The number of ether oxygens (including phenoxy) is 2. The molecule has 0 bridgehead atoms. The molecule has 13 heteroatoms. The highest BCUT2D eigenvalue weighted by Crippen LogP contribution is 2.36. The van der Waals surface area contributed by atoms with Crippen LogP contribution in [0.15, 0.2) is 121 Å². The maximum absolute atomic E-state index is 14.7. The zero-order valence-electron chi connectivity index (χ0n) is 40.0. The summed E-state index contributed by atoms with van der Waals surface area (Å²) >= 11 is 0. The first-order valence-corrected chi connectivity index (χ1v) is 23.1. The monoisotopic (exact) mass is 912 g/mol. The van der Waals surface area contributed by atoms with Crippen LogP contribution in [0.5, 0.6) is 5.75 Å². The lowest BCUT2D eigenvalue weighted by Gasteiger charge is -2.24. The number of carbonyl (C=O) groups excluding carboxylic acids is 3. The molecule has 3 amide bonds. The van der Waals surface area contributed by atoms with Crippen LogP contribution in [0.2, 0.25) is 0 Å². The van der Waals surface area contributed by atoms with Gasteiger partial charge < -0.3 is 35.2 Å². The average molecular weight is 913 g/mol. The molecule has 8 rings (SSSR count). The predicted octanol–water partition coefficient (Wildman–Crippen LogP) is 9.37. The van der Waals surface area contributed by atoms with E-state index in [2.05, 4.69) is 86.9 Å². The number of hydrogen-bond acceptors (Lipinski definition) is 9. The molecule has 0 atom stereocenters. The SMILES string of the molecule is CNCc1c2ccccc2c(CN(C)C(=O)c2ccc(C(=O)N(C)Cc3c4ccccc4c(CNC)c4ccccc34)c(OCc3cn(CCCNC(=O)OC(C)(C)C)nn3)c2)c2ccccc12. The Morgan fingerprint density at radius 2 is 1.09 bits per heavy atom. The Morgan fingerprint density at radius 1 is 0.632 bits per heavy atom. The van der Waals surface area contributed by atoms with Gasteiger partial charge in [0.05, 0.1) is 11.8 Å². The number of benzene rings is 7. The van der Waals surface area contributed by atoms with E-state index in [0.29, 0.717) is 62.5 Å². The molecule has 8 aromatic rings. The molecule has 1 aromatic heterocycles. The zero-order chi connectivity index (χ0) is 48.0. The van der Waals surface area contributed by atoms with Gasteiger partial charge in [0.2, 0.25) is 0 Å². The number of nitrogens with one attached hydrogen (secondary N) is 3. The Hall–Kier alpha value is -7.35. The summed E-state index contributed by atoms with van der Waals surface area (Å²) in [7, 11) is 7.50. The van der Waals surface area contributed by atoms with Crippen LogP contribution in [0.25, 0.3) is 43.1 Å². The standard InChI is InChI=1S/C55H60N8O5/c1-55(2,3)68-54(66)58-27-16-28-63-32-37(59-60-63)35-67-51-29-36(52(64)61(6)33-49-42-21-12-8-17-38(42)47(30-56-4)39-18-9-13-22-43(39)49)25-26-46(51)53(65)62(7)34-50-44-23-14-10-19-40(44)48(31-57-5)41-20-11-15-24-45(41)50/h8-15,17-26,29,32,56-57H,16,27-28,30-31,33-35H2,1-7H3,(H,58,66). The lowest BCUT2D eigenvalue weighted by Crippen LogP contribution is -2.33. The van der Waals surface area contributed by atoms with Gasteiger partial charge in [-0.1, -0.05) is 102 Å². The summed E-state index contributed by atoms with van der Waals surface area (Å²) in [6.07, 6.45) is 1.90. The number of carbonyl (C=O) groups is 3. The molecule has 0 saturated heterocycles. The molecule has 3 N–H and O–H groups in total. The maximum Gasteiger partial charge on any atom is 0.407 e. The second kappa shape index (κ2) is 20.7. The van der Waals surface area contributed by atoms with Gasteiger partial charge in [-0.05, 0) is 125 Å². The normalized spacial score (nSPS) is 11.6. The summed E-state index contributed by atoms with van der Waals surface area (Å²) in [5.41, 5.74) is 5.15. The van der Waals surface area contributed by atoms with Crippen molar-refractivity contribution in [3.63, 3.8) is 0 Å². The Morgan fingerprint density at radius 3 is 1.54 bits per heavy atom. The maximum atomic E-state index is 14.7. The van der Waals surface area contributed by atoms with Gasteiger partial charge >= 0.3 is 6.09 Å². The summed E-state index contributed by atoms with van der Waals surface area (Å²) in [4.78, 5) is 44.8. The van der Waals surface area contributed by atoms with Crippen molar-refractivity contribution in [2.24, 2.45) is 0 Å². The molecule has 13 nitrogen and oxygen atoms in total. The Bertz CT molecular complexity index is 3020. The molecule has 0 aliphatic rings. The fourth-order valence-electron chi connectivity index (χ4n) is 9.10. The molecule has 0 aliphatic heterocycles. The van der Waals surface area contributed by atoms with Gasteiger partial charge in [0.1, 0.15) is 23.7 Å². The summed E-state index contributed by atoms with van der Waals surface area (Å²) < 4.78 is 13.5. The van der Waals surface area contributed by atoms with Gasteiger partial charge in [-0.25, -0.2) is 4.79 Å². The van der Waals surface area contributed by atoms with Crippen molar-refractivity contribution in [3.05, 3.63) is 161 Å². The van der Waals surface area contributed by atoms with Gasteiger partial charge in [-0.15, -0.1) is 5.10 Å². The molecule has 0 radical (unpaired) electrons. The van der Waals surface area contributed by atoms with Crippen molar-refractivity contribution in [2.45, 2.75) is 72.1 Å². The van der Waals surface area contributed by atoms with Crippen LogP contribution in [0.1, 0.15) is 75.9 Å². The van der Waals surface area contributed by atoms with E-state index in [4.69, 9.17) is 9.47 Å². The van der Waals surface area contributed by atoms with E-state index in [1.165, 1.54) is 11.1 Å². The van der Waals surface area contributed by atoms with Gasteiger partial charge in [0.25, 0.3) is 11.8 Å². The van der Waals surface area contributed by atoms with Crippen molar-refractivity contribution in [1.82, 2.24) is 40.7 Å². The number of alkyl carbamates (subject to hydrolysis) is 1. The highest BCUT2D eigenvalue weighted by molar-refractivity contribution is 6.08. The number of aromatic nitrogens is 3. The van der Waals surface area contributed by atoms with Gasteiger partial charge in [-0.3, -0.25) is 14.3 Å². The molecule has 1 heterocycles. The molecule has 0 fully saturated rings. The predicted molar refractivity (Wildman–Crippen MR) is 270 cm³/mol. The Balaban J connectivity index is 1.08. The average Bonchev–Trinajstić information content (AvgIpc) is 3.80. The molecule has 68 heavy (non-hydrogen) atoms. The highest BCUT2D eigenvalue weighted by atomic mass is 16.6. The molecule has 0 spiro atoms. The van der Waals surface area contributed by atoms with Crippen LogP contribution < -0.4 is 20.7 Å². The minimum Gasteiger partial charge on any atom is -0.486 e. The molecule has 0 saturated carbocycles. The third-order valence-electron chi connectivity index (χ3n) is 12.2. The Kier molecular flexibility index (Phi) is 14.3. The molecular weight excluding hydrogens is 853 g/mol. The van der Waals surface area contributed by atoms with Crippen molar-refractivity contribution >= 4 is 61.0 Å².